The van der Waals surface area contributed by atoms with E-state index in [-0.39, 0.29) is 47.4 Å². The number of nitrogens with one attached hydrogen (secondary N) is 3. The minimum absolute atomic E-state index is 0.0110. The van der Waals surface area contributed by atoms with Gasteiger partial charge in [0.25, 0.3) is 5.91 Å². The van der Waals surface area contributed by atoms with Gasteiger partial charge < -0.3 is 20.3 Å². The Balaban J connectivity index is 1.01. The number of nitriles is 1. The summed E-state index contributed by atoms with van der Waals surface area (Å²) in [5, 5.41) is 17.5. The maximum atomic E-state index is 13.8. The van der Waals surface area contributed by atoms with Crippen LogP contribution in [0.5, 0.6) is 5.75 Å². The number of hydrogen-bond acceptors (Lipinski definition) is 11. The van der Waals surface area contributed by atoms with E-state index in [9.17, 15) is 37.6 Å². The normalized spacial score (nSPS) is 19.0. The number of alkyl halides is 3. The van der Waals surface area contributed by atoms with Crippen LogP contribution in [0.3, 0.4) is 0 Å². The number of imide groups is 1. The number of ether oxygens (including phenoxy) is 1. The van der Waals surface area contributed by atoms with Crippen molar-refractivity contribution in [2.45, 2.75) is 64.2 Å². The first-order chi connectivity index (χ1) is 27.5. The van der Waals surface area contributed by atoms with Crippen molar-refractivity contribution in [3.63, 3.8) is 0 Å². The average Bonchev–Trinajstić information content (AvgIpc) is 3.34. The average molecular weight is 820 g/mol. The summed E-state index contributed by atoms with van der Waals surface area (Å²) in [5.74, 6) is -0.690. The summed E-state index contributed by atoms with van der Waals surface area (Å²) in [7, 11) is 0. The SMILES string of the molecule is CC(C)c1cc(N2C(=S)N(c3cnc(C#N)c(C(F)(F)F)c3)C(=O)C2(C)C)ccc1OCCN1CCN(CC(=O)Nc2cccc(NC3CCC(=O)NC3=O)c2)CC1. The highest BCUT2D eigenvalue weighted by Crippen LogP contribution is 2.41. The van der Waals surface area contributed by atoms with Crippen LogP contribution in [0.4, 0.5) is 35.9 Å². The van der Waals surface area contributed by atoms with E-state index in [0.717, 1.165) is 35.8 Å². The van der Waals surface area contributed by atoms with Gasteiger partial charge >= 0.3 is 6.18 Å². The van der Waals surface area contributed by atoms with Gasteiger partial charge in [0.2, 0.25) is 17.7 Å². The molecule has 1 atom stereocenters. The predicted molar refractivity (Wildman–Crippen MR) is 214 cm³/mol. The van der Waals surface area contributed by atoms with Crippen molar-refractivity contribution < 1.29 is 37.1 Å². The summed E-state index contributed by atoms with van der Waals surface area (Å²) in [5.41, 5.74) is -0.819. The van der Waals surface area contributed by atoms with Gasteiger partial charge in [0.05, 0.1) is 24.0 Å². The minimum atomic E-state index is -4.86. The molecule has 0 saturated carbocycles. The molecule has 3 N–H and O–H groups in total. The summed E-state index contributed by atoms with van der Waals surface area (Å²) in [6, 6.07) is 14.2. The maximum Gasteiger partial charge on any atom is 0.419 e. The molecule has 3 aromatic rings. The maximum absolute atomic E-state index is 13.8. The van der Waals surface area contributed by atoms with Crippen LogP contribution >= 0.6 is 12.2 Å². The van der Waals surface area contributed by atoms with Gasteiger partial charge in [0, 0.05) is 56.2 Å². The van der Waals surface area contributed by atoms with Crippen LogP contribution < -0.4 is 30.5 Å². The van der Waals surface area contributed by atoms with E-state index in [2.05, 4.69) is 30.7 Å². The summed E-state index contributed by atoms with van der Waals surface area (Å²) < 4.78 is 47.5. The summed E-state index contributed by atoms with van der Waals surface area (Å²) in [6.07, 6.45) is -3.16. The lowest BCUT2D eigenvalue weighted by atomic mass is 9.98. The van der Waals surface area contributed by atoms with Crippen LogP contribution in [0.2, 0.25) is 0 Å². The first-order valence-electron chi connectivity index (χ1n) is 18.8. The molecule has 3 aliphatic rings. The zero-order valence-corrected chi connectivity index (χ0v) is 33.3. The van der Waals surface area contributed by atoms with Crippen molar-refractivity contribution in [2.75, 3.05) is 66.3 Å². The second-order valence-corrected chi connectivity index (χ2v) is 15.5. The number of amides is 4. The highest BCUT2D eigenvalue weighted by Gasteiger charge is 2.51. The number of carbonyl (C=O) groups excluding carboxylic acids is 4. The lowest BCUT2D eigenvalue weighted by Gasteiger charge is -2.34. The molecule has 0 aliphatic carbocycles. The van der Waals surface area contributed by atoms with Gasteiger partial charge in [-0.15, -0.1) is 0 Å². The number of piperidine rings is 1. The van der Waals surface area contributed by atoms with E-state index in [1.165, 1.54) is 6.07 Å². The highest BCUT2D eigenvalue weighted by atomic mass is 32.1. The van der Waals surface area contributed by atoms with Gasteiger partial charge in [0.1, 0.15) is 30.0 Å². The van der Waals surface area contributed by atoms with E-state index in [1.807, 2.05) is 19.9 Å². The number of halogens is 3. The van der Waals surface area contributed by atoms with E-state index in [4.69, 9.17) is 17.0 Å². The molecule has 14 nitrogen and oxygen atoms in total. The molecule has 18 heteroatoms. The Morgan fingerprint density at radius 2 is 1.76 bits per heavy atom. The summed E-state index contributed by atoms with van der Waals surface area (Å²) in [4.78, 5) is 60.8. The number of aromatic nitrogens is 1. The number of benzene rings is 2. The molecule has 0 bridgehead atoms. The molecule has 1 unspecified atom stereocenters. The van der Waals surface area contributed by atoms with Gasteiger partial charge in [-0.05, 0) is 86.4 Å². The van der Waals surface area contributed by atoms with Crippen LogP contribution in [0.1, 0.15) is 63.3 Å². The number of carbonyl (C=O) groups is 4. The van der Waals surface area contributed by atoms with Gasteiger partial charge in [-0.1, -0.05) is 19.9 Å². The zero-order chi connectivity index (χ0) is 41.9. The number of piperazine rings is 1. The fourth-order valence-corrected chi connectivity index (χ4v) is 7.70. The lowest BCUT2D eigenvalue weighted by Crippen LogP contribution is -2.49. The number of pyridine rings is 1. The third-order valence-corrected chi connectivity index (χ3v) is 10.7. The standard InChI is InChI=1S/C40H44F3N9O5S/c1-24(2)29-19-27(52-38(58)51(37(56)39(52,3)4)28-20-30(40(41,42)43)32(21-44)45-22-28)8-10-33(29)57-17-16-49-12-14-50(15-13-49)23-35(54)47-26-7-5-6-25(18-26)46-31-9-11-34(53)48-36(31)55/h5-8,10,18-20,22,24,31,46H,9,11-17,23H2,1-4H3,(H,47,54)(H,48,53,55). The number of anilines is 4. The van der Waals surface area contributed by atoms with Gasteiger partial charge in [0.15, 0.2) is 10.8 Å². The van der Waals surface area contributed by atoms with Gasteiger partial charge in [-0.3, -0.25) is 39.2 Å². The molecular weight excluding hydrogens is 776 g/mol. The summed E-state index contributed by atoms with van der Waals surface area (Å²) >= 11 is 5.70. The third kappa shape index (κ3) is 9.22. The number of hydrogen-bond donors (Lipinski definition) is 3. The first kappa shape index (κ1) is 42.0. The van der Waals surface area contributed by atoms with Crippen molar-refractivity contribution in [1.29, 1.82) is 5.26 Å². The number of rotatable bonds is 12. The number of nitrogens with zero attached hydrogens (tertiary/aromatic N) is 6. The van der Waals surface area contributed by atoms with Crippen molar-refractivity contribution >= 4 is 63.7 Å². The van der Waals surface area contributed by atoms with Crippen LogP contribution in [-0.4, -0.2) is 101 Å². The van der Waals surface area contributed by atoms with Crippen molar-refractivity contribution in [3.8, 4) is 11.8 Å². The molecule has 0 spiro atoms. The quantitative estimate of drug-likeness (QED) is 0.168. The highest BCUT2D eigenvalue weighted by molar-refractivity contribution is 7.81. The Hall–Kier alpha value is -5.64. The molecule has 3 saturated heterocycles. The van der Waals surface area contributed by atoms with Crippen LogP contribution in [0.15, 0.2) is 54.7 Å². The molecule has 0 radical (unpaired) electrons. The smallest absolute Gasteiger partial charge is 0.419 e. The molecule has 4 heterocycles. The molecule has 1 aromatic heterocycles. The van der Waals surface area contributed by atoms with Gasteiger partial charge in [-0.2, -0.15) is 18.4 Å². The Bertz CT molecular complexity index is 2150. The van der Waals surface area contributed by atoms with E-state index < -0.39 is 34.9 Å². The first-order valence-corrected chi connectivity index (χ1v) is 19.2. The van der Waals surface area contributed by atoms with Crippen molar-refractivity contribution in [3.05, 3.63) is 71.5 Å². The summed E-state index contributed by atoms with van der Waals surface area (Å²) in [6.45, 7) is 11.4. The van der Waals surface area contributed by atoms with E-state index in [1.54, 1.807) is 55.1 Å². The molecule has 4 amide bonds. The Morgan fingerprint density at radius 1 is 1.05 bits per heavy atom. The zero-order valence-electron chi connectivity index (χ0n) is 32.5. The van der Waals surface area contributed by atoms with E-state index >= 15 is 0 Å². The molecule has 306 valence electrons. The van der Waals surface area contributed by atoms with Crippen molar-refractivity contribution in [2.24, 2.45) is 0 Å². The minimum Gasteiger partial charge on any atom is -0.492 e. The molecule has 58 heavy (non-hydrogen) atoms. The molecule has 2 aromatic carbocycles. The fraction of sp³-hybridized carbons (Fsp3) is 0.425. The Labute approximate surface area is 339 Å². The number of thiocarbonyl (C=S) groups is 1. The van der Waals surface area contributed by atoms with Crippen LogP contribution in [-0.2, 0) is 25.4 Å². The van der Waals surface area contributed by atoms with Crippen LogP contribution in [0.25, 0.3) is 0 Å². The largest absolute Gasteiger partial charge is 0.492 e. The molecule has 6 rings (SSSR count). The third-order valence-electron chi connectivity index (χ3n) is 10.3. The molecule has 3 aliphatic heterocycles. The Kier molecular flexibility index (Phi) is 12.4. The van der Waals surface area contributed by atoms with Crippen LogP contribution in [0, 0.1) is 11.3 Å². The fourth-order valence-electron chi connectivity index (χ4n) is 7.17. The Morgan fingerprint density at radius 3 is 2.43 bits per heavy atom. The second kappa shape index (κ2) is 17.1. The molecule has 3 fully saturated rings. The topological polar surface area (TPSA) is 163 Å². The monoisotopic (exact) mass is 819 g/mol. The van der Waals surface area contributed by atoms with Gasteiger partial charge in [-0.25, -0.2) is 4.98 Å². The molecular formula is C40H44F3N9O5S. The predicted octanol–water partition coefficient (Wildman–Crippen LogP) is 4.86. The van der Waals surface area contributed by atoms with E-state index in [0.29, 0.717) is 55.5 Å². The second-order valence-electron chi connectivity index (χ2n) is 15.1. The lowest BCUT2D eigenvalue weighted by molar-refractivity contribution is -0.138. The van der Waals surface area contributed by atoms with Crippen molar-refractivity contribution in [1.82, 2.24) is 20.1 Å².